The standard InChI is InChI=1S/C21H26N2O/c1-2-17-5-7-18(8-6-17)9-14-21(24)22-19-10-12-20(13-11-19)23-15-3-4-16-23/h5-8,10-13H,2-4,9,14-16H2,1H3,(H,22,24). The molecule has 1 amide bonds. The number of rotatable bonds is 6. The molecular formula is C21H26N2O. The van der Waals surface area contributed by atoms with E-state index in [-0.39, 0.29) is 5.91 Å². The van der Waals surface area contributed by atoms with Crippen molar-refractivity contribution in [3.8, 4) is 0 Å². The van der Waals surface area contributed by atoms with Crippen molar-refractivity contribution in [2.45, 2.75) is 39.0 Å². The third kappa shape index (κ3) is 4.38. The number of hydrogen-bond donors (Lipinski definition) is 1. The van der Waals surface area contributed by atoms with Gasteiger partial charge in [0.1, 0.15) is 0 Å². The second kappa shape index (κ2) is 8.00. The van der Waals surface area contributed by atoms with E-state index in [0.717, 1.165) is 31.6 Å². The fourth-order valence-corrected chi connectivity index (χ4v) is 3.15. The SMILES string of the molecule is CCc1ccc(CCC(=O)Nc2ccc(N3CCCC3)cc2)cc1. The lowest BCUT2D eigenvalue weighted by Crippen LogP contribution is -2.17. The van der Waals surface area contributed by atoms with Gasteiger partial charge in [-0.3, -0.25) is 4.79 Å². The average Bonchev–Trinajstić information content (AvgIpc) is 3.16. The summed E-state index contributed by atoms with van der Waals surface area (Å²) in [7, 11) is 0. The van der Waals surface area contributed by atoms with Gasteiger partial charge in [-0.05, 0) is 61.1 Å². The first-order valence-electron chi connectivity index (χ1n) is 8.97. The molecule has 0 unspecified atom stereocenters. The quantitative estimate of drug-likeness (QED) is 0.854. The van der Waals surface area contributed by atoms with Crippen molar-refractivity contribution in [1.82, 2.24) is 0 Å². The van der Waals surface area contributed by atoms with Crippen molar-refractivity contribution < 1.29 is 4.79 Å². The first-order valence-corrected chi connectivity index (χ1v) is 8.97. The van der Waals surface area contributed by atoms with E-state index in [9.17, 15) is 4.79 Å². The summed E-state index contributed by atoms with van der Waals surface area (Å²) in [5, 5.41) is 3.00. The third-order valence-electron chi connectivity index (χ3n) is 4.69. The van der Waals surface area contributed by atoms with Gasteiger partial charge in [-0.25, -0.2) is 0 Å². The second-order valence-electron chi connectivity index (χ2n) is 6.46. The van der Waals surface area contributed by atoms with Crippen LogP contribution >= 0.6 is 0 Å². The number of benzene rings is 2. The Bertz CT molecular complexity index is 655. The van der Waals surface area contributed by atoms with Gasteiger partial charge in [0.2, 0.25) is 5.91 Å². The molecule has 24 heavy (non-hydrogen) atoms. The maximum atomic E-state index is 12.1. The van der Waals surface area contributed by atoms with Crippen molar-refractivity contribution in [2.75, 3.05) is 23.3 Å². The molecule has 0 spiro atoms. The molecular weight excluding hydrogens is 296 g/mol. The molecule has 1 N–H and O–H groups in total. The van der Waals surface area contributed by atoms with E-state index in [0.29, 0.717) is 6.42 Å². The maximum absolute atomic E-state index is 12.1. The number of nitrogens with one attached hydrogen (secondary N) is 1. The number of carbonyl (C=O) groups excluding carboxylic acids is 1. The Morgan fingerprint density at radius 2 is 1.58 bits per heavy atom. The van der Waals surface area contributed by atoms with Crippen molar-refractivity contribution in [3.05, 3.63) is 59.7 Å². The number of amides is 1. The van der Waals surface area contributed by atoms with E-state index in [1.165, 1.54) is 29.7 Å². The molecule has 1 saturated heterocycles. The molecule has 0 bridgehead atoms. The normalized spacial score (nSPS) is 14.0. The van der Waals surface area contributed by atoms with E-state index in [1.807, 2.05) is 12.1 Å². The lowest BCUT2D eigenvalue weighted by Gasteiger charge is -2.17. The average molecular weight is 322 g/mol. The van der Waals surface area contributed by atoms with Gasteiger partial charge in [-0.1, -0.05) is 31.2 Å². The van der Waals surface area contributed by atoms with Crippen LogP contribution in [0.15, 0.2) is 48.5 Å². The Morgan fingerprint density at radius 3 is 2.21 bits per heavy atom. The highest BCUT2D eigenvalue weighted by Crippen LogP contribution is 2.22. The molecule has 1 fully saturated rings. The zero-order valence-corrected chi connectivity index (χ0v) is 14.4. The molecule has 2 aromatic rings. The number of hydrogen-bond acceptors (Lipinski definition) is 2. The van der Waals surface area contributed by atoms with Gasteiger partial charge >= 0.3 is 0 Å². The van der Waals surface area contributed by atoms with Crippen LogP contribution in [0.4, 0.5) is 11.4 Å². The highest BCUT2D eigenvalue weighted by Gasteiger charge is 2.12. The maximum Gasteiger partial charge on any atom is 0.224 e. The molecule has 0 aliphatic carbocycles. The van der Waals surface area contributed by atoms with Crippen LogP contribution in [-0.4, -0.2) is 19.0 Å². The van der Waals surface area contributed by atoms with Gasteiger partial charge in [0.25, 0.3) is 0 Å². The van der Waals surface area contributed by atoms with Gasteiger partial charge in [0, 0.05) is 30.9 Å². The van der Waals surface area contributed by atoms with Crippen LogP contribution in [0, 0.1) is 0 Å². The largest absolute Gasteiger partial charge is 0.372 e. The zero-order valence-electron chi connectivity index (χ0n) is 14.4. The minimum absolute atomic E-state index is 0.0727. The summed E-state index contributed by atoms with van der Waals surface area (Å²) in [6.45, 7) is 4.43. The Morgan fingerprint density at radius 1 is 0.958 bits per heavy atom. The number of aryl methyl sites for hydroxylation is 2. The monoisotopic (exact) mass is 322 g/mol. The summed E-state index contributed by atoms with van der Waals surface area (Å²) in [6, 6.07) is 16.7. The van der Waals surface area contributed by atoms with Crippen molar-refractivity contribution >= 4 is 17.3 Å². The molecule has 1 aliphatic heterocycles. The van der Waals surface area contributed by atoms with Crippen LogP contribution in [0.5, 0.6) is 0 Å². The van der Waals surface area contributed by atoms with Gasteiger partial charge in [0.15, 0.2) is 0 Å². The lowest BCUT2D eigenvalue weighted by atomic mass is 10.1. The topological polar surface area (TPSA) is 32.3 Å². The van der Waals surface area contributed by atoms with Crippen LogP contribution in [0.2, 0.25) is 0 Å². The highest BCUT2D eigenvalue weighted by molar-refractivity contribution is 5.91. The van der Waals surface area contributed by atoms with Crippen LogP contribution in [0.25, 0.3) is 0 Å². The molecule has 1 aliphatic rings. The van der Waals surface area contributed by atoms with Crippen LogP contribution in [0.3, 0.4) is 0 Å². The van der Waals surface area contributed by atoms with E-state index >= 15 is 0 Å². The molecule has 3 nitrogen and oxygen atoms in total. The molecule has 3 heteroatoms. The van der Waals surface area contributed by atoms with E-state index in [1.54, 1.807) is 0 Å². The zero-order chi connectivity index (χ0) is 16.8. The second-order valence-corrected chi connectivity index (χ2v) is 6.46. The lowest BCUT2D eigenvalue weighted by molar-refractivity contribution is -0.116. The van der Waals surface area contributed by atoms with E-state index in [2.05, 4.69) is 53.5 Å². The smallest absolute Gasteiger partial charge is 0.224 e. The molecule has 0 radical (unpaired) electrons. The Balaban J connectivity index is 1.48. The first-order chi connectivity index (χ1) is 11.7. The highest BCUT2D eigenvalue weighted by atomic mass is 16.1. The Hall–Kier alpha value is -2.29. The Kier molecular flexibility index (Phi) is 5.52. The third-order valence-corrected chi connectivity index (χ3v) is 4.69. The van der Waals surface area contributed by atoms with Gasteiger partial charge in [-0.15, -0.1) is 0 Å². The van der Waals surface area contributed by atoms with Crippen LogP contribution in [-0.2, 0) is 17.6 Å². The predicted octanol–water partition coefficient (Wildman–Crippen LogP) is 4.42. The minimum atomic E-state index is 0.0727. The van der Waals surface area contributed by atoms with Crippen molar-refractivity contribution in [3.63, 3.8) is 0 Å². The first kappa shape index (κ1) is 16.6. The van der Waals surface area contributed by atoms with E-state index < -0.39 is 0 Å². The summed E-state index contributed by atoms with van der Waals surface area (Å²) >= 11 is 0. The summed E-state index contributed by atoms with van der Waals surface area (Å²) in [6.07, 6.45) is 4.89. The fourth-order valence-electron chi connectivity index (χ4n) is 3.15. The molecule has 126 valence electrons. The van der Waals surface area contributed by atoms with Crippen molar-refractivity contribution in [1.29, 1.82) is 0 Å². The van der Waals surface area contributed by atoms with Gasteiger partial charge in [0.05, 0.1) is 0 Å². The van der Waals surface area contributed by atoms with Gasteiger partial charge < -0.3 is 10.2 Å². The minimum Gasteiger partial charge on any atom is -0.372 e. The number of nitrogens with zero attached hydrogens (tertiary/aromatic N) is 1. The Labute approximate surface area is 144 Å². The molecule has 0 atom stereocenters. The predicted molar refractivity (Wildman–Crippen MR) is 101 cm³/mol. The molecule has 2 aromatic carbocycles. The van der Waals surface area contributed by atoms with E-state index in [4.69, 9.17) is 0 Å². The van der Waals surface area contributed by atoms with Crippen LogP contribution in [0.1, 0.15) is 37.3 Å². The number of carbonyl (C=O) groups is 1. The number of anilines is 2. The summed E-state index contributed by atoms with van der Waals surface area (Å²) < 4.78 is 0. The molecule has 1 heterocycles. The molecule has 0 aromatic heterocycles. The van der Waals surface area contributed by atoms with Gasteiger partial charge in [-0.2, -0.15) is 0 Å². The summed E-state index contributed by atoms with van der Waals surface area (Å²) in [5.41, 5.74) is 4.68. The van der Waals surface area contributed by atoms with Crippen LogP contribution < -0.4 is 10.2 Å². The molecule has 3 rings (SSSR count). The summed E-state index contributed by atoms with van der Waals surface area (Å²) in [5.74, 6) is 0.0727. The van der Waals surface area contributed by atoms with Crippen molar-refractivity contribution in [2.24, 2.45) is 0 Å². The summed E-state index contributed by atoms with van der Waals surface area (Å²) in [4.78, 5) is 14.5. The molecule has 0 saturated carbocycles. The fraction of sp³-hybridized carbons (Fsp3) is 0.381.